The number of nitrogens with zero attached hydrogens (tertiary/aromatic N) is 2. The van der Waals surface area contributed by atoms with E-state index in [2.05, 4.69) is 19.6 Å². The standard InChI is InChI=1S/C40H60N2O7/c1-4-21-42(37(46)20-17-28-13-7-8-14-28)36-27-34(41-48-6-3)32-25-29(15-9-11-22-43)31(16-10-12-23-44)38-33-26-30(45)18-19-35(33)49-40(36,39(32)38)47-24-5-2/h5,18-19,25-26,28-29,31,36,38-39,43-45H,2,4,6-17,20-24,27H2,1,3H3/t29-,31+,36-,38+,39+,40+/m0/s1. The lowest BCUT2D eigenvalue weighted by atomic mass is 9.55. The maximum Gasteiger partial charge on any atom is 0.239 e. The fourth-order valence-corrected chi connectivity index (χ4v) is 9.27. The Kier molecular flexibility index (Phi) is 13.6. The van der Waals surface area contributed by atoms with Crippen LogP contribution >= 0.6 is 0 Å². The van der Waals surface area contributed by atoms with Crippen molar-refractivity contribution in [3.8, 4) is 11.5 Å². The molecule has 1 heterocycles. The summed E-state index contributed by atoms with van der Waals surface area (Å²) in [7, 11) is 0. The van der Waals surface area contributed by atoms with E-state index < -0.39 is 11.8 Å². The van der Waals surface area contributed by atoms with Crippen LogP contribution in [0.5, 0.6) is 11.5 Å². The van der Waals surface area contributed by atoms with Gasteiger partial charge in [0.25, 0.3) is 0 Å². The minimum absolute atomic E-state index is 0.120. The van der Waals surface area contributed by atoms with Crippen molar-refractivity contribution in [2.45, 2.75) is 121 Å². The number of amides is 1. The van der Waals surface area contributed by atoms with Gasteiger partial charge in [-0.15, -0.1) is 6.58 Å². The second kappa shape index (κ2) is 17.9. The highest BCUT2D eigenvalue weighted by atomic mass is 16.7. The molecule has 1 aliphatic heterocycles. The van der Waals surface area contributed by atoms with Crippen molar-refractivity contribution >= 4 is 11.6 Å². The van der Waals surface area contributed by atoms with Crippen LogP contribution in [0, 0.1) is 23.7 Å². The topological polar surface area (TPSA) is 121 Å². The molecule has 3 aliphatic carbocycles. The summed E-state index contributed by atoms with van der Waals surface area (Å²) in [5.74, 6) is 0.172. The third kappa shape index (κ3) is 8.20. The van der Waals surface area contributed by atoms with E-state index in [4.69, 9.17) is 19.5 Å². The Balaban J connectivity index is 1.69. The van der Waals surface area contributed by atoms with Crippen LogP contribution < -0.4 is 4.74 Å². The fourth-order valence-electron chi connectivity index (χ4n) is 9.27. The molecule has 5 rings (SSSR count). The molecule has 2 saturated carbocycles. The number of unbranched alkanes of at least 4 members (excludes halogenated alkanes) is 2. The first kappa shape index (κ1) is 37.4. The first-order valence-corrected chi connectivity index (χ1v) is 19.1. The molecular weight excluding hydrogens is 620 g/mol. The summed E-state index contributed by atoms with van der Waals surface area (Å²) in [4.78, 5) is 22.2. The van der Waals surface area contributed by atoms with E-state index in [1.165, 1.54) is 25.7 Å². The fraction of sp³-hybridized carbons (Fsp3) is 0.700. The number of hydrogen-bond acceptors (Lipinski definition) is 8. The van der Waals surface area contributed by atoms with Gasteiger partial charge < -0.3 is 34.5 Å². The molecule has 1 aromatic rings. The number of allylic oxidation sites excluding steroid dienone is 1. The van der Waals surface area contributed by atoms with E-state index in [0.717, 1.165) is 61.8 Å². The number of oxime groups is 1. The summed E-state index contributed by atoms with van der Waals surface area (Å²) in [5.41, 5.74) is 2.77. The zero-order valence-electron chi connectivity index (χ0n) is 29.9. The van der Waals surface area contributed by atoms with Crippen molar-refractivity contribution in [3.05, 3.63) is 48.1 Å². The highest BCUT2D eigenvalue weighted by molar-refractivity contribution is 6.03. The summed E-state index contributed by atoms with van der Waals surface area (Å²) >= 11 is 0. The second-order valence-electron chi connectivity index (χ2n) is 14.5. The average Bonchev–Trinajstić information content (AvgIpc) is 3.63. The normalized spacial score (nSPS) is 28.4. The molecule has 9 heteroatoms. The van der Waals surface area contributed by atoms with Gasteiger partial charge in [0, 0.05) is 44.1 Å². The molecule has 0 aromatic heterocycles. The number of fused-ring (bicyclic) bond motifs is 2. The third-order valence-corrected chi connectivity index (χ3v) is 11.4. The van der Waals surface area contributed by atoms with Gasteiger partial charge >= 0.3 is 0 Å². The Labute approximate surface area is 293 Å². The summed E-state index contributed by atoms with van der Waals surface area (Å²) in [6, 6.07) is 4.87. The minimum Gasteiger partial charge on any atom is -0.508 e. The van der Waals surface area contributed by atoms with Gasteiger partial charge in [0.05, 0.1) is 18.2 Å². The van der Waals surface area contributed by atoms with Crippen molar-refractivity contribution < 1.29 is 34.4 Å². The Hall–Kier alpha value is -2.88. The number of rotatable bonds is 19. The van der Waals surface area contributed by atoms with Gasteiger partial charge in [-0.3, -0.25) is 4.79 Å². The van der Waals surface area contributed by atoms with Crippen LogP contribution in [0.25, 0.3) is 0 Å². The second-order valence-corrected chi connectivity index (χ2v) is 14.5. The number of aliphatic hydroxyl groups is 2. The number of benzene rings is 1. The first-order valence-electron chi connectivity index (χ1n) is 19.1. The third-order valence-electron chi connectivity index (χ3n) is 11.4. The molecular formula is C40H60N2O7. The number of carbonyl (C=O) groups is 1. The average molecular weight is 681 g/mol. The molecule has 0 unspecified atom stereocenters. The molecule has 1 aromatic carbocycles. The molecule has 0 spiro atoms. The van der Waals surface area contributed by atoms with Crippen LogP contribution in [-0.4, -0.2) is 76.6 Å². The molecule has 272 valence electrons. The Morgan fingerprint density at radius 2 is 1.86 bits per heavy atom. The number of carbonyl (C=O) groups excluding carboxylic acids is 1. The van der Waals surface area contributed by atoms with Crippen LogP contribution in [-0.2, 0) is 14.4 Å². The highest BCUT2D eigenvalue weighted by Gasteiger charge is 2.65. The SMILES string of the molecule is C=CCO[C@@]12Oc3ccc(O)cc3[C@H]3[C@H](CCCCO)[C@@H](CCCCO)C=C(C(=NOCC)C[C@@H]1N(CCC)C(=O)CCC1CCCC1)[C@H]32. The predicted octanol–water partition coefficient (Wildman–Crippen LogP) is 7.25. The Bertz CT molecular complexity index is 1310. The highest BCUT2D eigenvalue weighted by Crippen LogP contribution is 2.62. The van der Waals surface area contributed by atoms with Crippen molar-refractivity contribution in [1.82, 2.24) is 4.90 Å². The zero-order valence-corrected chi connectivity index (χ0v) is 29.9. The molecule has 0 radical (unpaired) electrons. The number of phenols is 1. The lowest BCUT2D eigenvalue weighted by molar-refractivity contribution is -0.257. The monoisotopic (exact) mass is 680 g/mol. The molecule has 6 atom stereocenters. The van der Waals surface area contributed by atoms with Crippen LogP contribution in [0.1, 0.15) is 115 Å². The summed E-state index contributed by atoms with van der Waals surface area (Å²) in [6.07, 6.45) is 16.5. The zero-order chi connectivity index (χ0) is 34.8. The summed E-state index contributed by atoms with van der Waals surface area (Å²) in [6.45, 7) is 9.54. The number of phenolic OH excluding ortho intramolecular Hbond substituents is 1. The Morgan fingerprint density at radius 1 is 1.10 bits per heavy atom. The van der Waals surface area contributed by atoms with Gasteiger partial charge in [-0.05, 0) is 87.0 Å². The maximum atomic E-state index is 14.4. The Morgan fingerprint density at radius 3 is 2.55 bits per heavy atom. The van der Waals surface area contributed by atoms with Gasteiger partial charge in [-0.2, -0.15) is 0 Å². The lowest BCUT2D eigenvalue weighted by Gasteiger charge is -2.60. The molecule has 49 heavy (non-hydrogen) atoms. The maximum absolute atomic E-state index is 14.4. The van der Waals surface area contributed by atoms with Crippen LogP contribution in [0.2, 0.25) is 0 Å². The van der Waals surface area contributed by atoms with Crippen molar-refractivity contribution in [1.29, 1.82) is 0 Å². The van der Waals surface area contributed by atoms with E-state index in [0.29, 0.717) is 44.1 Å². The number of aromatic hydroxyl groups is 1. The molecule has 3 N–H and O–H groups in total. The minimum atomic E-state index is -1.23. The number of hydrogen-bond donors (Lipinski definition) is 3. The van der Waals surface area contributed by atoms with Crippen LogP contribution in [0.15, 0.2) is 47.7 Å². The molecule has 0 bridgehead atoms. The quantitative estimate of drug-likeness (QED) is 0.0800. The van der Waals surface area contributed by atoms with Crippen molar-refractivity contribution in [2.75, 3.05) is 33.0 Å². The largest absolute Gasteiger partial charge is 0.508 e. The molecule has 4 aliphatic rings. The van der Waals surface area contributed by atoms with Crippen LogP contribution in [0.3, 0.4) is 0 Å². The number of ether oxygens (including phenoxy) is 2. The van der Waals surface area contributed by atoms with Gasteiger partial charge in [-0.1, -0.05) is 62.8 Å². The van der Waals surface area contributed by atoms with E-state index in [9.17, 15) is 20.1 Å². The van der Waals surface area contributed by atoms with Crippen molar-refractivity contribution in [2.24, 2.45) is 28.8 Å². The summed E-state index contributed by atoms with van der Waals surface area (Å²) in [5, 5.41) is 35.0. The van der Waals surface area contributed by atoms with Crippen molar-refractivity contribution in [3.63, 3.8) is 0 Å². The molecule has 0 saturated heterocycles. The molecule has 2 fully saturated rings. The van der Waals surface area contributed by atoms with E-state index in [1.54, 1.807) is 12.1 Å². The molecule has 9 nitrogen and oxygen atoms in total. The van der Waals surface area contributed by atoms with E-state index >= 15 is 0 Å². The first-order chi connectivity index (χ1) is 23.9. The van der Waals surface area contributed by atoms with E-state index in [-0.39, 0.29) is 55.1 Å². The van der Waals surface area contributed by atoms with Crippen LogP contribution in [0.4, 0.5) is 0 Å². The predicted molar refractivity (Wildman–Crippen MR) is 191 cm³/mol. The van der Waals surface area contributed by atoms with E-state index in [1.807, 2.05) is 24.0 Å². The lowest BCUT2D eigenvalue weighted by Crippen LogP contribution is -2.70. The van der Waals surface area contributed by atoms with Gasteiger partial charge in [0.2, 0.25) is 11.7 Å². The van der Waals surface area contributed by atoms with Gasteiger partial charge in [-0.25, -0.2) is 0 Å². The van der Waals surface area contributed by atoms with Gasteiger partial charge in [0.1, 0.15) is 24.1 Å². The van der Waals surface area contributed by atoms with Gasteiger partial charge in [0.15, 0.2) is 0 Å². The molecule has 1 amide bonds. The number of aliphatic hydroxyl groups excluding tert-OH is 2. The summed E-state index contributed by atoms with van der Waals surface area (Å²) < 4.78 is 14.1. The smallest absolute Gasteiger partial charge is 0.239 e.